The lowest BCUT2D eigenvalue weighted by Gasteiger charge is -2.44. The molecule has 0 saturated carbocycles. The Balaban J connectivity index is 1.74. The minimum atomic E-state index is -0.623. The van der Waals surface area contributed by atoms with Gasteiger partial charge in [-0.05, 0) is 28.8 Å². The number of ether oxygens (including phenoxy) is 1. The van der Waals surface area contributed by atoms with Gasteiger partial charge in [0, 0.05) is 36.6 Å². The fourth-order valence-electron chi connectivity index (χ4n) is 4.40. The molecule has 0 bridgehead atoms. The van der Waals surface area contributed by atoms with Crippen LogP contribution in [-0.2, 0) is 10.5 Å². The molecule has 5 rings (SSSR count). The predicted octanol–water partition coefficient (Wildman–Crippen LogP) is 3.09. The Labute approximate surface area is 194 Å². The van der Waals surface area contributed by atoms with E-state index in [0.29, 0.717) is 12.4 Å². The first-order chi connectivity index (χ1) is 16.0. The molecule has 0 radical (unpaired) electrons. The van der Waals surface area contributed by atoms with Crippen LogP contribution in [0.2, 0.25) is 0 Å². The summed E-state index contributed by atoms with van der Waals surface area (Å²) in [5.74, 6) is -0.687. The van der Waals surface area contributed by atoms with Crippen molar-refractivity contribution in [3.63, 3.8) is 0 Å². The topological polar surface area (TPSA) is 75.0 Å². The first kappa shape index (κ1) is 21.5. The average Bonchev–Trinajstić information content (AvgIpc) is 2.97. The third-order valence-corrected chi connectivity index (χ3v) is 7.12. The van der Waals surface area contributed by atoms with Crippen LogP contribution in [-0.4, -0.2) is 47.5 Å². The van der Waals surface area contributed by atoms with Gasteiger partial charge in [-0.15, -0.1) is 11.8 Å². The number of thioether (sulfide) groups is 1. The van der Waals surface area contributed by atoms with Crippen LogP contribution in [0.1, 0.15) is 33.2 Å². The third kappa shape index (κ3) is 3.67. The Bertz CT molecular complexity index is 1290. The van der Waals surface area contributed by atoms with E-state index in [1.807, 2.05) is 29.3 Å². The van der Waals surface area contributed by atoms with E-state index in [2.05, 4.69) is 0 Å². The molecular weight excluding hydrogens is 445 g/mol. The number of hydrogen-bond acceptors (Lipinski definition) is 6. The Kier molecular flexibility index (Phi) is 5.59. The molecule has 33 heavy (non-hydrogen) atoms. The average molecular weight is 468 g/mol. The van der Waals surface area contributed by atoms with Gasteiger partial charge in [0.05, 0.1) is 12.6 Å². The standard InChI is InChI=1S/C24H22FN3O4S/c1-32-11-10-26-14-28(27-9-8-19(29)23(30)22(27)24(26)31)21-17-5-3-2-4-15(17)13-33-20-12-16(25)6-7-18(20)21/h2-9,12,21,30H,10-11,13-14H2,1H3. The van der Waals surface area contributed by atoms with Crippen molar-refractivity contribution in [1.29, 1.82) is 0 Å². The van der Waals surface area contributed by atoms with Crippen LogP contribution >= 0.6 is 11.8 Å². The zero-order chi connectivity index (χ0) is 23.1. The monoisotopic (exact) mass is 467 g/mol. The number of carbonyl (C=O) groups excluding carboxylic acids is 1. The Morgan fingerprint density at radius 3 is 2.79 bits per heavy atom. The summed E-state index contributed by atoms with van der Waals surface area (Å²) in [6, 6.07) is 13.6. The lowest BCUT2D eigenvalue weighted by Crippen LogP contribution is -2.56. The van der Waals surface area contributed by atoms with Gasteiger partial charge in [-0.3, -0.25) is 19.3 Å². The van der Waals surface area contributed by atoms with Crippen molar-refractivity contribution in [3.8, 4) is 5.75 Å². The highest BCUT2D eigenvalue weighted by Gasteiger charge is 2.38. The van der Waals surface area contributed by atoms with Gasteiger partial charge in [0.1, 0.15) is 12.5 Å². The van der Waals surface area contributed by atoms with E-state index in [4.69, 9.17) is 4.74 Å². The second-order valence-electron chi connectivity index (χ2n) is 7.94. The van der Waals surface area contributed by atoms with Crippen molar-refractivity contribution >= 4 is 17.7 Å². The maximum absolute atomic E-state index is 14.1. The number of amides is 1. The SMILES string of the molecule is COCCN1CN(C2c3ccccc3CSc3cc(F)ccc32)n2ccc(=O)c(O)c2C1=O. The molecule has 1 amide bonds. The molecule has 2 aromatic carbocycles. The van der Waals surface area contributed by atoms with E-state index in [0.717, 1.165) is 21.6 Å². The smallest absolute Gasteiger partial charge is 0.277 e. The van der Waals surface area contributed by atoms with E-state index < -0.39 is 17.1 Å². The van der Waals surface area contributed by atoms with Crippen molar-refractivity contribution in [2.24, 2.45) is 0 Å². The molecule has 0 saturated heterocycles. The van der Waals surface area contributed by atoms with Crippen LogP contribution < -0.4 is 10.4 Å². The predicted molar refractivity (Wildman–Crippen MR) is 123 cm³/mol. The first-order valence-corrected chi connectivity index (χ1v) is 11.5. The maximum Gasteiger partial charge on any atom is 0.277 e. The summed E-state index contributed by atoms with van der Waals surface area (Å²) in [4.78, 5) is 27.8. The minimum Gasteiger partial charge on any atom is -0.502 e. The van der Waals surface area contributed by atoms with Crippen LogP contribution in [0.5, 0.6) is 5.75 Å². The number of benzene rings is 2. The number of fused-ring (bicyclic) bond motifs is 3. The molecule has 2 aliphatic heterocycles. The van der Waals surface area contributed by atoms with Crippen LogP contribution in [0.25, 0.3) is 0 Å². The van der Waals surface area contributed by atoms with Crippen molar-refractivity contribution in [2.75, 3.05) is 31.9 Å². The summed E-state index contributed by atoms with van der Waals surface area (Å²) in [7, 11) is 1.55. The fourth-order valence-corrected chi connectivity index (χ4v) is 5.52. The van der Waals surface area contributed by atoms with Crippen molar-refractivity contribution < 1.29 is 19.0 Å². The van der Waals surface area contributed by atoms with E-state index in [1.54, 1.807) is 34.5 Å². The molecule has 1 unspecified atom stereocenters. The zero-order valence-electron chi connectivity index (χ0n) is 17.9. The van der Waals surface area contributed by atoms with Crippen LogP contribution in [0.4, 0.5) is 4.39 Å². The molecule has 170 valence electrons. The molecule has 1 atom stereocenters. The summed E-state index contributed by atoms with van der Waals surface area (Å²) in [5.41, 5.74) is 2.28. The third-order valence-electron chi connectivity index (χ3n) is 6.00. The summed E-state index contributed by atoms with van der Waals surface area (Å²) in [6.07, 6.45) is 1.51. The summed E-state index contributed by atoms with van der Waals surface area (Å²) >= 11 is 1.56. The highest BCUT2D eigenvalue weighted by atomic mass is 32.2. The number of aromatic hydroxyl groups is 1. The van der Waals surface area contributed by atoms with Gasteiger partial charge in [-0.25, -0.2) is 4.39 Å². The number of rotatable bonds is 4. The van der Waals surface area contributed by atoms with E-state index >= 15 is 0 Å². The summed E-state index contributed by atoms with van der Waals surface area (Å²) in [6.45, 7) is 0.780. The number of hydrogen-bond donors (Lipinski definition) is 1. The number of carbonyl (C=O) groups is 1. The zero-order valence-corrected chi connectivity index (χ0v) is 18.7. The summed E-state index contributed by atoms with van der Waals surface area (Å²) in [5, 5.41) is 12.5. The molecule has 1 N–H and O–H groups in total. The van der Waals surface area contributed by atoms with Crippen molar-refractivity contribution in [2.45, 2.75) is 16.7 Å². The number of aromatic nitrogens is 1. The van der Waals surface area contributed by atoms with Gasteiger partial charge in [0.2, 0.25) is 5.43 Å². The van der Waals surface area contributed by atoms with Gasteiger partial charge in [-0.2, -0.15) is 0 Å². The Morgan fingerprint density at radius 1 is 1.15 bits per heavy atom. The normalized spacial score (nSPS) is 17.3. The first-order valence-electron chi connectivity index (χ1n) is 10.5. The quantitative estimate of drug-likeness (QED) is 0.636. The second kappa shape index (κ2) is 8.57. The molecule has 3 heterocycles. The van der Waals surface area contributed by atoms with E-state index in [-0.39, 0.29) is 30.8 Å². The number of methoxy groups -OCH3 is 1. The van der Waals surface area contributed by atoms with Gasteiger partial charge in [0.15, 0.2) is 11.4 Å². The van der Waals surface area contributed by atoms with Gasteiger partial charge in [-0.1, -0.05) is 30.3 Å². The lowest BCUT2D eigenvalue weighted by molar-refractivity contribution is 0.0614. The molecule has 1 aromatic heterocycles. The fraction of sp³-hybridized carbons (Fsp3) is 0.250. The molecule has 0 spiro atoms. The van der Waals surface area contributed by atoms with Crippen LogP contribution in [0.3, 0.4) is 0 Å². The largest absolute Gasteiger partial charge is 0.502 e. The Hall–Kier alpha value is -3.30. The van der Waals surface area contributed by atoms with Crippen LogP contribution in [0, 0.1) is 5.82 Å². The second-order valence-corrected chi connectivity index (χ2v) is 8.95. The van der Waals surface area contributed by atoms with Gasteiger partial charge < -0.3 is 14.7 Å². The highest BCUT2D eigenvalue weighted by molar-refractivity contribution is 7.98. The Morgan fingerprint density at radius 2 is 1.97 bits per heavy atom. The minimum absolute atomic E-state index is 0.0945. The van der Waals surface area contributed by atoms with E-state index in [1.165, 1.54) is 24.4 Å². The van der Waals surface area contributed by atoms with Gasteiger partial charge in [0.25, 0.3) is 5.91 Å². The van der Waals surface area contributed by atoms with E-state index in [9.17, 15) is 19.1 Å². The van der Waals surface area contributed by atoms with Crippen molar-refractivity contribution in [1.82, 2.24) is 9.58 Å². The highest BCUT2D eigenvalue weighted by Crippen LogP contribution is 2.43. The van der Waals surface area contributed by atoms with Crippen LogP contribution in [0.15, 0.2) is 64.4 Å². The lowest BCUT2D eigenvalue weighted by atomic mass is 9.94. The number of halogens is 1. The number of pyridine rings is 1. The maximum atomic E-state index is 14.1. The van der Waals surface area contributed by atoms with Gasteiger partial charge >= 0.3 is 0 Å². The van der Waals surface area contributed by atoms with Crippen molar-refractivity contribution in [3.05, 3.63) is 93.2 Å². The molecule has 0 aliphatic carbocycles. The molecule has 0 fully saturated rings. The molecule has 3 aromatic rings. The molecule has 2 aliphatic rings. The summed E-state index contributed by atoms with van der Waals surface area (Å²) < 4.78 is 20.9. The molecular formula is C24H22FN3O4S. The number of nitrogens with zero attached hydrogens (tertiary/aromatic N) is 3. The molecule has 7 nitrogen and oxygen atoms in total. The molecule has 9 heteroatoms.